The zero-order chi connectivity index (χ0) is 26.0. The molecule has 1 aliphatic carbocycles. The fourth-order valence-electron chi connectivity index (χ4n) is 7.23. The fourth-order valence-corrected chi connectivity index (χ4v) is 7.23. The second-order valence-corrected chi connectivity index (χ2v) is 11.5. The van der Waals surface area contributed by atoms with E-state index in [-0.39, 0.29) is 52.6 Å². The van der Waals surface area contributed by atoms with E-state index in [0.29, 0.717) is 12.5 Å². The summed E-state index contributed by atoms with van der Waals surface area (Å²) in [5.41, 5.74) is 3.02. The molecule has 2 atom stereocenters. The first-order valence-corrected chi connectivity index (χ1v) is 14.4. The van der Waals surface area contributed by atoms with Crippen LogP contribution in [0.1, 0.15) is 63.0 Å². The van der Waals surface area contributed by atoms with Crippen molar-refractivity contribution in [1.29, 1.82) is 0 Å². The summed E-state index contributed by atoms with van der Waals surface area (Å²) >= 11 is 0. The number of piperidine rings is 2. The predicted molar refractivity (Wildman–Crippen MR) is 155 cm³/mol. The average molecular weight is 534 g/mol. The van der Waals surface area contributed by atoms with Gasteiger partial charge in [0.2, 0.25) is 0 Å². The first-order chi connectivity index (χ1) is 18.6. The van der Waals surface area contributed by atoms with E-state index in [1.165, 1.54) is 24.8 Å². The van der Waals surface area contributed by atoms with Gasteiger partial charge in [0, 0.05) is 67.4 Å². The Balaban J connectivity index is 0.00000308. The number of carbonyl (C=O) groups is 1. The normalized spacial score (nSPS) is 22.5. The smallest absolute Gasteiger partial charge is 0.320 e. The van der Waals surface area contributed by atoms with Crippen LogP contribution in [0.4, 0.5) is 4.79 Å². The average Bonchev–Trinajstić information content (AvgIpc) is 3.44. The fraction of sp³-hybridized carbons (Fsp3) is 0.469. The van der Waals surface area contributed by atoms with Gasteiger partial charge in [0.15, 0.2) is 0 Å². The van der Waals surface area contributed by atoms with Crippen molar-refractivity contribution in [1.82, 2.24) is 19.4 Å². The molecular formula is C32H38N4NaO2. The van der Waals surface area contributed by atoms with E-state index in [2.05, 4.69) is 39.0 Å². The molecule has 1 saturated carbocycles. The maximum absolute atomic E-state index is 14.0. The number of urea groups is 1. The van der Waals surface area contributed by atoms with Crippen molar-refractivity contribution in [2.24, 2.45) is 11.3 Å². The maximum atomic E-state index is 14.0. The van der Waals surface area contributed by atoms with E-state index in [1.807, 2.05) is 36.4 Å². The van der Waals surface area contributed by atoms with Crippen LogP contribution < -0.4 is 5.56 Å². The molecule has 199 valence electrons. The van der Waals surface area contributed by atoms with Gasteiger partial charge in [-0.3, -0.25) is 9.36 Å². The number of likely N-dealkylation sites (tertiary alicyclic amines) is 2. The van der Waals surface area contributed by atoms with Gasteiger partial charge in [-0.05, 0) is 55.4 Å². The number of carbonyl (C=O) groups excluding carboxylic acids is 1. The number of benzene rings is 2. The molecule has 2 aliphatic heterocycles. The summed E-state index contributed by atoms with van der Waals surface area (Å²) in [7, 11) is 0. The van der Waals surface area contributed by atoms with Crippen molar-refractivity contribution in [3.63, 3.8) is 0 Å². The Morgan fingerprint density at radius 2 is 1.62 bits per heavy atom. The first-order valence-electron chi connectivity index (χ1n) is 14.4. The van der Waals surface area contributed by atoms with Gasteiger partial charge in [-0.1, -0.05) is 73.5 Å². The van der Waals surface area contributed by atoms with E-state index < -0.39 is 0 Å². The van der Waals surface area contributed by atoms with Crippen LogP contribution in [0.5, 0.6) is 0 Å². The quantitative estimate of drug-likeness (QED) is 0.401. The van der Waals surface area contributed by atoms with Crippen molar-refractivity contribution in [3.8, 4) is 11.3 Å². The molecule has 2 aromatic carbocycles. The van der Waals surface area contributed by atoms with Crippen LogP contribution in [0.3, 0.4) is 0 Å². The second-order valence-electron chi connectivity index (χ2n) is 11.5. The van der Waals surface area contributed by atoms with Crippen molar-refractivity contribution < 1.29 is 4.79 Å². The zero-order valence-corrected chi connectivity index (χ0v) is 25.2. The van der Waals surface area contributed by atoms with E-state index in [9.17, 15) is 9.59 Å². The molecule has 6 rings (SSSR count). The number of hydrogen-bond donors (Lipinski definition) is 0. The van der Waals surface area contributed by atoms with Crippen LogP contribution in [0.25, 0.3) is 11.3 Å². The molecule has 7 heteroatoms. The van der Waals surface area contributed by atoms with Gasteiger partial charge in [-0.25, -0.2) is 9.78 Å². The molecule has 0 bridgehead atoms. The number of hydrogen-bond acceptors (Lipinski definition) is 3. The molecule has 1 radical (unpaired) electrons. The molecule has 1 spiro atoms. The molecule has 3 fully saturated rings. The third-order valence-electron chi connectivity index (χ3n) is 9.29. The van der Waals surface area contributed by atoms with Crippen LogP contribution in [0.15, 0.2) is 77.9 Å². The van der Waals surface area contributed by atoms with Crippen molar-refractivity contribution in [2.75, 3.05) is 19.6 Å². The zero-order valence-electron chi connectivity index (χ0n) is 23.2. The summed E-state index contributed by atoms with van der Waals surface area (Å²) in [4.78, 5) is 35.9. The minimum absolute atomic E-state index is 0. The summed E-state index contributed by atoms with van der Waals surface area (Å²) < 4.78 is 1.80. The minimum atomic E-state index is 0. The summed E-state index contributed by atoms with van der Waals surface area (Å²) in [6.45, 7) is 3.08. The van der Waals surface area contributed by atoms with E-state index >= 15 is 0 Å². The standard InChI is InChI=1S/C32H38N4O2.Na/c37-30-21-28(25-11-3-1-4-12-25)33-24-35(30)22-27-16-20-34(23-32(27)17-8-9-18-32)31(38)36-19-10-7-15-29(36)26-13-5-2-6-14-26;/h1-6,11-14,21,24,27,29H,7-10,15-20,22-23H2;. The minimum Gasteiger partial charge on any atom is -0.324 e. The maximum Gasteiger partial charge on any atom is 0.320 e. The number of aromatic nitrogens is 2. The summed E-state index contributed by atoms with van der Waals surface area (Å²) in [6.07, 6.45) is 10.6. The van der Waals surface area contributed by atoms with Gasteiger partial charge >= 0.3 is 6.03 Å². The monoisotopic (exact) mass is 533 g/mol. The Hall–Kier alpha value is -2.41. The third kappa shape index (κ3) is 5.89. The van der Waals surface area contributed by atoms with E-state index in [1.54, 1.807) is 17.0 Å². The van der Waals surface area contributed by atoms with Crippen molar-refractivity contribution in [2.45, 2.75) is 64.0 Å². The Morgan fingerprint density at radius 1 is 0.897 bits per heavy atom. The van der Waals surface area contributed by atoms with E-state index in [0.717, 1.165) is 63.0 Å². The predicted octanol–water partition coefficient (Wildman–Crippen LogP) is 5.76. The van der Waals surface area contributed by atoms with Crippen LogP contribution in [-0.4, -0.2) is 74.6 Å². The Bertz CT molecular complexity index is 1310. The van der Waals surface area contributed by atoms with Crippen LogP contribution in [-0.2, 0) is 6.54 Å². The van der Waals surface area contributed by atoms with E-state index in [4.69, 9.17) is 0 Å². The molecule has 39 heavy (non-hydrogen) atoms. The van der Waals surface area contributed by atoms with Crippen LogP contribution >= 0.6 is 0 Å². The van der Waals surface area contributed by atoms with Crippen molar-refractivity contribution >= 4 is 35.6 Å². The first kappa shape index (κ1) is 28.1. The number of rotatable bonds is 4. The molecule has 1 aromatic heterocycles. The summed E-state index contributed by atoms with van der Waals surface area (Å²) in [5, 5.41) is 0. The molecule has 2 unspecified atom stereocenters. The molecule has 3 aliphatic rings. The molecule has 2 saturated heterocycles. The SMILES string of the molecule is O=C(N1CCC(Cn2cnc(-c3ccccc3)cc2=O)C2(CCCC2)C1)N1CCCCC1c1ccccc1.[Na]. The van der Waals surface area contributed by atoms with Crippen LogP contribution in [0, 0.1) is 11.3 Å². The molecular weight excluding hydrogens is 495 g/mol. The Labute approximate surface area is 253 Å². The molecule has 3 heterocycles. The van der Waals surface area contributed by atoms with Gasteiger partial charge in [-0.15, -0.1) is 0 Å². The van der Waals surface area contributed by atoms with Gasteiger partial charge < -0.3 is 9.80 Å². The third-order valence-corrected chi connectivity index (χ3v) is 9.29. The summed E-state index contributed by atoms with van der Waals surface area (Å²) in [5.74, 6) is 0.377. The molecule has 2 amide bonds. The van der Waals surface area contributed by atoms with Gasteiger partial charge in [0.1, 0.15) is 0 Å². The Morgan fingerprint density at radius 3 is 2.33 bits per heavy atom. The van der Waals surface area contributed by atoms with Crippen LogP contribution in [0.2, 0.25) is 0 Å². The largest absolute Gasteiger partial charge is 0.324 e. The number of nitrogens with zero attached hydrogens (tertiary/aromatic N) is 4. The molecule has 0 N–H and O–H groups in total. The summed E-state index contributed by atoms with van der Waals surface area (Å²) in [6, 6.07) is 22.4. The number of amides is 2. The molecule has 3 aromatic rings. The van der Waals surface area contributed by atoms with Crippen molar-refractivity contribution in [3.05, 3.63) is 89.0 Å². The van der Waals surface area contributed by atoms with Gasteiger partial charge in [-0.2, -0.15) is 0 Å². The van der Waals surface area contributed by atoms with Gasteiger partial charge in [0.25, 0.3) is 5.56 Å². The van der Waals surface area contributed by atoms with Gasteiger partial charge in [0.05, 0.1) is 18.1 Å². The second kappa shape index (κ2) is 12.4. The topological polar surface area (TPSA) is 58.4 Å². The Kier molecular flexibility index (Phi) is 8.95. The molecule has 6 nitrogen and oxygen atoms in total.